The Bertz CT molecular complexity index is 327. The van der Waals surface area contributed by atoms with Gasteiger partial charge in [-0.3, -0.25) is 0 Å². The fourth-order valence-electron chi connectivity index (χ4n) is 1.21. The highest BCUT2D eigenvalue weighted by molar-refractivity contribution is 5.43. The van der Waals surface area contributed by atoms with Crippen LogP contribution in [0.3, 0.4) is 0 Å². The monoisotopic (exact) mass is 146 g/mol. The molecular weight excluding hydrogens is 140 g/mol. The molecule has 1 aromatic rings. The Morgan fingerprint density at radius 3 is 3.36 bits per heavy atom. The minimum Gasteiger partial charge on any atom is -0.493 e. The maximum atomic E-state index is 8.63. The molecule has 0 atom stereocenters. The first kappa shape index (κ1) is 6.17. The lowest BCUT2D eigenvalue weighted by Gasteiger charge is -1.96. The Kier molecular flexibility index (Phi) is 1.26. The van der Waals surface area contributed by atoms with Crippen molar-refractivity contribution in [1.29, 1.82) is 5.26 Å². The standard InChI is InChI=1S/C8H6N2O/c9-5-7-6-2-4-11-8(6)1-3-10-7/h1,3H,2,4H2. The number of rotatable bonds is 0. The van der Waals surface area contributed by atoms with Crippen molar-refractivity contribution in [1.82, 2.24) is 4.98 Å². The van der Waals surface area contributed by atoms with Crippen molar-refractivity contribution in [2.45, 2.75) is 6.42 Å². The summed E-state index contributed by atoms with van der Waals surface area (Å²) in [6, 6.07) is 3.83. The van der Waals surface area contributed by atoms with Gasteiger partial charge in [-0.2, -0.15) is 5.26 Å². The molecule has 54 valence electrons. The summed E-state index contributed by atoms with van der Waals surface area (Å²) in [5, 5.41) is 8.63. The molecule has 1 aliphatic rings. The fourth-order valence-corrected chi connectivity index (χ4v) is 1.21. The Morgan fingerprint density at radius 1 is 1.64 bits per heavy atom. The largest absolute Gasteiger partial charge is 0.493 e. The van der Waals surface area contributed by atoms with Gasteiger partial charge in [0.05, 0.1) is 6.61 Å². The lowest BCUT2D eigenvalue weighted by atomic mass is 10.1. The van der Waals surface area contributed by atoms with E-state index in [1.807, 2.05) is 6.07 Å². The maximum absolute atomic E-state index is 8.63. The van der Waals surface area contributed by atoms with Gasteiger partial charge < -0.3 is 4.74 Å². The summed E-state index contributed by atoms with van der Waals surface area (Å²) in [5.41, 5.74) is 1.45. The second kappa shape index (κ2) is 2.24. The first-order valence-corrected chi connectivity index (χ1v) is 3.42. The van der Waals surface area contributed by atoms with Crippen molar-refractivity contribution in [3.05, 3.63) is 23.5 Å². The molecule has 2 heterocycles. The molecule has 0 aliphatic carbocycles. The van der Waals surface area contributed by atoms with Gasteiger partial charge in [-0.05, 0) is 6.07 Å². The number of nitrogens with zero attached hydrogens (tertiary/aromatic N) is 2. The highest BCUT2D eigenvalue weighted by Gasteiger charge is 2.15. The second-order valence-corrected chi connectivity index (χ2v) is 2.35. The molecule has 0 N–H and O–H groups in total. The average molecular weight is 146 g/mol. The van der Waals surface area contributed by atoms with E-state index < -0.39 is 0 Å². The van der Waals surface area contributed by atoms with Crippen LogP contribution in [-0.2, 0) is 6.42 Å². The van der Waals surface area contributed by atoms with Crippen molar-refractivity contribution in [2.24, 2.45) is 0 Å². The van der Waals surface area contributed by atoms with Gasteiger partial charge in [0.15, 0.2) is 0 Å². The number of hydrogen-bond acceptors (Lipinski definition) is 3. The maximum Gasteiger partial charge on any atom is 0.147 e. The van der Waals surface area contributed by atoms with Crippen molar-refractivity contribution < 1.29 is 4.74 Å². The first-order valence-electron chi connectivity index (χ1n) is 3.42. The van der Waals surface area contributed by atoms with Gasteiger partial charge in [-0.1, -0.05) is 0 Å². The van der Waals surface area contributed by atoms with Crippen LogP contribution in [-0.4, -0.2) is 11.6 Å². The van der Waals surface area contributed by atoms with Crippen molar-refractivity contribution >= 4 is 0 Å². The zero-order valence-corrected chi connectivity index (χ0v) is 5.87. The van der Waals surface area contributed by atoms with Gasteiger partial charge in [0.2, 0.25) is 0 Å². The molecule has 0 fully saturated rings. The molecule has 0 saturated carbocycles. The summed E-state index contributed by atoms with van der Waals surface area (Å²) in [6.07, 6.45) is 2.41. The van der Waals surface area contributed by atoms with Crippen LogP contribution in [0.4, 0.5) is 0 Å². The van der Waals surface area contributed by atoms with Crippen LogP contribution in [0, 0.1) is 11.3 Å². The minimum absolute atomic E-state index is 0.500. The Balaban J connectivity index is 2.61. The Hall–Kier alpha value is -1.56. The smallest absolute Gasteiger partial charge is 0.147 e. The second-order valence-electron chi connectivity index (χ2n) is 2.35. The van der Waals surface area contributed by atoms with Crippen molar-refractivity contribution in [2.75, 3.05) is 6.61 Å². The summed E-state index contributed by atoms with van der Waals surface area (Å²) in [6.45, 7) is 0.676. The zero-order valence-electron chi connectivity index (χ0n) is 5.87. The van der Waals surface area contributed by atoms with E-state index in [1.165, 1.54) is 0 Å². The molecule has 3 heteroatoms. The van der Waals surface area contributed by atoms with Crippen molar-refractivity contribution in [3.8, 4) is 11.8 Å². The molecule has 1 aromatic heterocycles. The third kappa shape index (κ3) is 0.838. The number of fused-ring (bicyclic) bond motifs is 1. The normalized spacial score (nSPS) is 13.4. The minimum atomic E-state index is 0.500. The molecule has 3 nitrogen and oxygen atoms in total. The first-order chi connectivity index (χ1) is 5.42. The molecule has 0 radical (unpaired) electrons. The Labute approximate surface area is 64.2 Å². The van der Waals surface area contributed by atoms with Crippen LogP contribution in [0.25, 0.3) is 0 Å². The van der Waals surface area contributed by atoms with Crippen LogP contribution in [0.5, 0.6) is 5.75 Å². The molecule has 0 unspecified atom stereocenters. The molecule has 11 heavy (non-hydrogen) atoms. The van der Waals surface area contributed by atoms with Crippen molar-refractivity contribution in [3.63, 3.8) is 0 Å². The molecule has 0 amide bonds. The number of nitriles is 1. The summed E-state index contributed by atoms with van der Waals surface area (Å²) >= 11 is 0. The molecule has 0 aromatic carbocycles. The molecule has 2 rings (SSSR count). The molecule has 0 saturated heterocycles. The van der Waals surface area contributed by atoms with E-state index in [2.05, 4.69) is 4.98 Å². The van der Waals surface area contributed by atoms with Gasteiger partial charge in [0, 0.05) is 18.2 Å². The number of pyridine rings is 1. The number of aromatic nitrogens is 1. The molecule has 0 spiro atoms. The van der Waals surface area contributed by atoms with Gasteiger partial charge >= 0.3 is 0 Å². The van der Waals surface area contributed by atoms with Crippen LogP contribution in [0.2, 0.25) is 0 Å². The average Bonchev–Trinajstić information content (AvgIpc) is 2.50. The fraction of sp³-hybridized carbons (Fsp3) is 0.250. The molecule has 0 bridgehead atoms. The quantitative estimate of drug-likeness (QED) is 0.546. The molecular formula is C8H6N2O. The van der Waals surface area contributed by atoms with Crippen LogP contribution >= 0.6 is 0 Å². The van der Waals surface area contributed by atoms with E-state index in [4.69, 9.17) is 10.00 Å². The lowest BCUT2D eigenvalue weighted by molar-refractivity contribution is 0.356. The van der Waals surface area contributed by atoms with Gasteiger partial charge in [-0.15, -0.1) is 0 Å². The van der Waals surface area contributed by atoms with E-state index in [9.17, 15) is 0 Å². The topological polar surface area (TPSA) is 45.9 Å². The predicted octanol–water partition coefficient (Wildman–Crippen LogP) is 0.888. The van der Waals surface area contributed by atoms with E-state index in [-0.39, 0.29) is 0 Å². The van der Waals surface area contributed by atoms with E-state index in [0.29, 0.717) is 12.3 Å². The van der Waals surface area contributed by atoms with Gasteiger partial charge in [0.25, 0.3) is 0 Å². The summed E-state index contributed by atoms with van der Waals surface area (Å²) in [7, 11) is 0. The number of ether oxygens (including phenoxy) is 1. The lowest BCUT2D eigenvalue weighted by Crippen LogP contribution is -1.88. The summed E-state index contributed by atoms with van der Waals surface area (Å²) in [5.74, 6) is 0.816. The third-order valence-corrected chi connectivity index (χ3v) is 1.73. The van der Waals surface area contributed by atoms with Crippen LogP contribution in [0.1, 0.15) is 11.3 Å². The summed E-state index contributed by atoms with van der Waals surface area (Å²) in [4.78, 5) is 3.93. The van der Waals surface area contributed by atoms with Gasteiger partial charge in [-0.25, -0.2) is 4.98 Å². The highest BCUT2D eigenvalue weighted by Crippen LogP contribution is 2.25. The predicted molar refractivity (Wildman–Crippen MR) is 38.2 cm³/mol. The third-order valence-electron chi connectivity index (χ3n) is 1.73. The van der Waals surface area contributed by atoms with E-state index in [0.717, 1.165) is 17.7 Å². The van der Waals surface area contributed by atoms with Crippen LogP contribution in [0.15, 0.2) is 12.3 Å². The van der Waals surface area contributed by atoms with E-state index in [1.54, 1.807) is 12.3 Å². The highest BCUT2D eigenvalue weighted by atomic mass is 16.5. The SMILES string of the molecule is N#Cc1nccc2c1CCO2. The molecule has 1 aliphatic heterocycles. The zero-order chi connectivity index (χ0) is 7.68. The summed E-state index contributed by atoms with van der Waals surface area (Å²) < 4.78 is 5.25. The number of hydrogen-bond donors (Lipinski definition) is 0. The van der Waals surface area contributed by atoms with Gasteiger partial charge in [0.1, 0.15) is 17.5 Å². The Morgan fingerprint density at radius 2 is 2.55 bits per heavy atom. The van der Waals surface area contributed by atoms with Crippen LogP contribution < -0.4 is 4.74 Å². The van der Waals surface area contributed by atoms with E-state index >= 15 is 0 Å².